The highest BCUT2D eigenvalue weighted by atomic mass is 16.8. The van der Waals surface area contributed by atoms with Crippen LogP contribution in [0.25, 0.3) is 0 Å². The van der Waals surface area contributed by atoms with E-state index in [4.69, 9.17) is 19.0 Å². The molecule has 6 heteroatoms. The number of esters is 1. The Hall–Kier alpha value is -0.690. The van der Waals surface area contributed by atoms with Gasteiger partial charge in [0.1, 0.15) is 24.2 Å². The molecule has 0 aromatic carbocycles. The maximum atomic E-state index is 11.9. The Morgan fingerprint density at radius 3 is 2.89 bits per heavy atom. The van der Waals surface area contributed by atoms with E-state index < -0.39 is 5.79 Å². The quantitative estimate of drug-likeness (QED) is 0.618. The average molecular weight is 255 g/mol. The van der Waals surface area contributed by atoms with Gasteiger partial charge < -0.3 is 14.2 Å². The molecule has 0 radical (unpaired) electrons. The molecule has 5 atom stereocenters. The fourth-order valence-electron chi connectivity index (χ4n) is 3.52. The largest absolute Gasteiger partial charge is 0.460 e. The summed E-state index contributed by atoms with van der Waals surface area (Å²) in [5.74, 6) is -0.964. The molecule has 0 spiro atoms. The Balaban J connectivity index is 1.59. The number of rotatable bonds is 1. The maximum Gasteiger partial charge on any atom is 0.313 e. The van der Waals surface area contributed by atoms with Crippen molar-refractivity contribution in [1.29, 1.82) is 0 Å². The molecule has 100 valence electrons. The van der Waals surface area contributed by atoms with Gasteiger partial charge in [0.2, 0.25) is 0 Å². The summed E-state index contributed by atoms with van der Waals surface area (Å²) < 4.78 is 16.8. The molecule has 0 aromatic heterocycles. The summed E-state index contributed by atoms with van der Waals surface area (Å²) in [5, 5.41) is 1.90. The van der Waals surface area contributed by atoms with Crippen LogP contribution in [0.15, 0.2) is 0 Å². The van der Waals surface area contributed by atoms with Crippen molar-refractivity contribution in [2.24, 2.45) is 5.92 Å². The molecule has 4 aliphatic heterocycles. The molecular weight excluding hydrogens is 238 g/mol. The molecule has 4 saturated heterocycles. The molecule has 0 N–H and O–H groups in total. The summed E-state index contributed by atoms with van der Waals surface area (Å²) in [5.41, 5.74) is 0. The van der Waals surface area contributed by atoms with E-state index in [9.17, 15) is 4.79 Å². The minimum absolute atomic E-state index is 0.00262. The second-order valence-corrected chi connectivity index (χ2v) is 5.86. The van der Waals surface area contributed by atoms with Gasteiger partial charge in [-0.25, -0.2) is 0 Å². The normalized spacial score (nSPS) is 49.7. The summed E-state index contributed by atoms with van der Waals surface area (Å²) in [4.78, 5) is 17.8. The molecule has 0 unspecified atom stereocenters. The fourth-order valence-corrected chi connectivity index (χ4v) is 3.52. The van der Waals surface area contributed by atoms with Gasteiger partial charge in [-0.05, 0) is 13.8 Å². The number of hydrogen-bond acceptors (Lipinski definition) is 6. The van der Waals surface area contributed by atoms with Gasteiger partial charge in [0.15, 0.2) is 5.79 Å². The summed E-state index contributed by atoms with van der Waals surface area (Å²) in [6.45, 7) is 5.04. The number of ether oxygens (including phenoxy) is 3. The van der Waals surface area contributed by atoms with E-state index in [0.717, 1.165) is 13.0 Å². The molecule has 0 aromatic rings. The van der Waals surface area contributed by atoms with Crippen LogP contribution in [0.2, 0.25) is 0 Å². The van der Waals surface area contributed by atoms with Gasteiger partial charge in [-0.3, -0.25) is 9.63 Å². The zero-order valence-electron chi connectivity index (χ0n) is 10.5. The van der Waals surface area contributed by atoms with Crippen LogP contribution in [0.4, 0.5) is 0 Å². The first-order valence-electron chi connectivity index (χ1n) is 6.51. The van der Waals surface area contributed by atoms with Crippen molar-refractivity contribution in [3.63, 3.8) is 0 Å². The lowest BCUT2D eigenvalue weighted by Gasteiger charge is -2.22. The molecular formula is C12H17NO5. The van der Waals surface area contributed by atoms with Crippen LogP contribution < -0.4 is 0 Å². The van der Waals surface area contributed by atoms with Crippen molar-refractivity contribution in [3.8, 4) is 0 Å². The zero-order chi connectivity index (χ0) is 12.5. The molecule has 4 fully saturated rings. The van der Waals surface area contributed by atoms with Crippen molar-refractivity contribution >= 4 is 5.97 Å². The highest BCUT2D eigenvalue weighted by Gasteiger charge is 2.63. The second-order valence-electron chi connectivity index (χ2n) is 5.86. The third kappa shape index (κ3) is 1.40. The van der Waals surface area contributed by atoms with Crippen molar-refractivity contribution < 1.29 is 23.8 Å². The van der Waals surface area contributed by atoms with Crippen LogP contribution in [-0.4, -0.2) is 54.3 Å². The van der Waals surface area contributed by atoms with E-state index in [1.54, 1.807) is 0 Å². The molecule has 4 rings (SSSR count). The van der Waals surface area contributed by atoms with Gasteiger partial charge in [0.25, 0.3) is 0 Å². The smallest absolute Gasteiger partial charge is 0.313 e. The second kappa shape index (κ2) is 3.45. The first kappa shape index (κ1) is 11.2. The summed E-state index contributed by atoms with van der Waals surface area (Å²) in [7, 11) is 0. The minimum atomic E-state index is -0.594. The third-order valence-corrected chi connectivity index (χ3v) is 4.26. The molecule has 0 amide bonds. The third-order valence-electron chi connectivity index (χ3n) is 4.26. The number of carbonyl (C=O) groups is 1. The molecule has 0 bridgehead atoms. The van der Waals surface area contributed by atoms with Crippen molar-refractivity contribution in [2.45, 2.75) is 50.4 Å². The summed E-state index contributed by atoms with van der Waals surface area (Å²) in [6.07, 6.45) is 0.409. The van der Waals surface area contributed by atoms with Crippen LogP contribution in [0.3, 0.4) is 0 Å². The van der Waals surface area contributed by atoms with Gasteiger partial charge in [0, 0.05) is 13.0 Å². The van der Waals surface area contributed by atoms with Gasteiger partial charge in [-0.2, -0.15) is 5.06 Å². The topological polar surface area (TPSA) is 57.2 Å². The lowest BCUT2D eigenvalue weighted by atomic mass is 9.92. The Kier molecular flexibility index (Phi) is 2.14. The van der Waals surface area contributed by atoms with Gasteiger partial charge in [0.05, 0.1) is 12.6 Å². The lowest BCUT2D eigenvalue weighted by molar-refractivity contribution is -0.204. The van der Waals surface area contributed by atoms with E-state index in [-0.39, 0.29) is 36.2 Å². The Labute approximate surface area is 105 Å². The predicted octanol–water partition coefficient (Wildman–Crippen LogP) is 0.0676. The molecule has 0 saturated carbocycles. The van der Waals surface area contributed by atoms with E-state index in [1.807, 2.05) is 18.9 Å². The summed E-state index contributed by atoms with van der Waals surface area (Å²) in [6, 6.07) is 0.0785. The van der Waals surface area contributed by atoms with E-state index in [1.165, 1.54) is 0 Å². The number of hydrogen-bond donors (Lipinski definition) is 0. The SMILES string of the molecule is CC1(C)OC[C@H]([C@H]2ON3CC[C@@H]4OC(=O)[C@H]2[C@@H]43)O1. The number of hydroxylamine groups is 2. The van der Waals surface area contributed by atoms with Crippen molar-refractivity contribution in [3.05, 3.63) is 0 Å². The molecule has 4 heterocycles. The fraction of sp³-hybridized carbons (Fsp3) is 0.917. The monoisotopic (exact) mass is 255 g/mol. The first-order chi connectivity index (χ1) is 8.55. The van der Waals surface area contributed by atoms with Crippen LogP contribution in [0.1, 0.15) is 20.3 Å². The van der Waals surface area contributed by atoms with E-state index >= 15 is 0 Å². The van der Waals surface area contributed by atoms with Crippen LogP contribution in [0.5, 0.6) is 0 Å². The highest BCUT2D eigenvalue weighted by molar-refractivity contribution is 5.77. The van der Waals surface area contributed by atoms with Gasteiger partial charge >= 0.3 is 5.97 Å². The molecule has 0 aliphatic carbocycles. The Morgan fingerprint density at radius 2 is 2.17 bits per heavy atom. The molecule has 6 nitrogen and oxygen atoms in total. The van der Waals surface area contributed by atoms with Crippen LogP contribution in [-0.2, 0) is 23.8 Å². The minimum Gasteiger partial charge on any atom is -0.460 e. The highest BCUT2D eigenvalue weighted by Crippen LogP contribution is 2.45. The van der Waals surface area contributed by atoms with Gasteiger partial charge in [-0.15, -0.1) is 0 Å². The van der Waals surface area contributed by atoms with Crippen LogP contribution in [0, 0.1) is 5.92 Å². The number of carbonyl (C=O) groups excluding carboxylic acids is 1. The van der Waals surface area contributed by atoms with Crippen molar-refractivity contribution in [2.75, 3.05) is 13.2 Å². The average Bonchev–Trinajstić information content (AvgIpc) is 2.95. The number of nitrogens with zero attached hydrogens (tertiary/aromatic N) is 1. The maximum absolute atomic E-state index is 11.9. The summed E-state index contributed by atoms with van der Waals surface area (Å²) >= 11 is 0. The van der Waals surface area contributed by atoms with Crippen LogP contribution >= 0.6 is 0 Å². The Bertz CT molecular complexity index is 398. The standard InChI is InChI=1S/C12H17NO5/c1-12(2)15-5-7(17-12)10-8-9-6(16-11(8)14)3-4-13(9)18-10/h6-10H,3-5H2,1-2H3/t6-,7+,8-,9+,10+/m0/s1. The van der Waals surface area contributed by atoms with Gasteiger partial charge in [-0.1, -0.05) is 0 Å². The lowest BCUT2D eigenvalue weighted by Crippen LogP contribution is -2.38. The van der Waals surface area contributed by atoms with Crippen molar-refractivity contribution in [1.82, 2.24) is 5.06 Å². The molecule has 4 aliphatic rings. The van der Waals surface area contributed by atoms with E-state index in [0.29, 0.717) is 6.61 Å². The van der Waals surface area contributed by atoms with E-state index in [2.05, 4.69) is 0 Å². The molecule has 18 heavy (non-hydrogen) atoms. The first-order valence-corrected chi connectivity index (χ1v) is 6.51. The zero-order valence-corrected chi connectivity index (χ0v) is 10.5. The predicted molar refractivity (Wildman–Crippen MR) is 58.3 cm³/mol. The Morgan fingerprint density at radius 1 is 1.33 bits per heavy atom.